The smallest absolute Gasteiger partial charge is 0.726 e. The third kappa shape index (κ3) is 7.44. The zero-order valence-corrected chi connectivity index (χ0v) is 21.2. The first-order valence-corrected chi connectivity index (χ1v) is 11.3. The van der Waals surface area contributed by atoms with E-state index in [1.54, 1.807) is 0 Å². The van der Waals surface area contributed by atoms with Crippen LogP contribution in [0.15, 0.2) is 24.3 Å². The molecule has 0 aromatic heterocycles. The molecule has 0 bridgehead atoms. The van der Waals surface area contributed by atoms with E-state index in [1.807, 2.05) is 0 Å². The second kappa shape index (κ2) is 12.7. The predicted molar refractivity (Wildman–Crippen MR) is 106 cm³/mol. The van der Waals surface area contributed by atoms with Crippen LogP contribution in [-0.2, 0) is 28.8 Å². The summed E-state index contributed by atoms with van der Waals surface area (Å²) < 4.78 is 58.7. The van der Waals surface area contributed by atoms with E-state index in [4.69, 9.17) is 24.7 Å². The molecule has 15 nitrogen and oxygen atoms in total. The second-order valence-electron chi connectivity index (χ2n) is 7.67. The molecule has 3 rings (SSSR count). The van der Waals surface area contributed by atoms with Crippen LogP contribution in [0.5, 0.6) is 5.75 Å². The Labute approximate surface area is 222 Å². The van der Waals surface area contributed by atoms with Gasteiger partial charge < -0.3 is 59.9 Å². The normalized spacial score (nSPS) is 37.9. The van der Waals surface area contributed by atoms with Gasteiger partial charge in [-0.2, -0.15) is 0 Å². The number of nitrogen functional groups attached to an aromatic ring is 1. The van der Waals surface area contributed by atoms with Gasteiger partial charge in [-0.3, -0.25) is 4.18 Å². The molecule has 0 radical (unpaired) electrons. The summed E-state index contributed by atoms with van der Waals surface area (Å²) in [6.07, 6.45) is -17.5. The molecular weight excluding hydrogens is 509 g/mol. The Kier molecular flexibility index (Phi) is 11.1. The van der Waals surface area contributed by atoms with Crippen LogP contribution >= 0.6 is 0 Å². The minimum absolute atomic E-state index is 0. The molecule has 1 aromatic rings. The van der Waals surface area contributed by atoms with Gasteiger partial charge in [-0.15, -0.1) is 0 Å². The number of nitrogens with two attached hydrogens (primary N) is 1. The topological polar surface area (TPSA) is 251 Å². The van der Waals surface area contributed by atoms with E-state index < -0.39 is 85.0 Å². The van der Waals surface area contributed by atoms with E-state index >= 15 is 0 Å². The Morgan fingerprint density at radius 1 is 0.857 bits per heavy atom. The maximum absolute atomic E-state index is 11.0. The number of hydrogen-bond acceptors (Lipinski definition) is 15. The van der Waals surface area contributed by atoms with E-state index in [0.717, 1.165) is 0 Å². The minimum atomic E-state index is -5.39. The molecule has 35 heavy (non-hydrogen) atoms. The summed E-state index contributed by atoms with van der Waals surface area (Å²) >= 11 is 0. The fourth-order valence-corrected chi connectivity index (χ4v) is 4.07. The van der Waals surface area contributed by atoms with Gasteiger partial charge in [-0.25, -0.2) is 8.42 Å². The Hall–Kier alpha value is -0.670. The summed E-state index contributed by atoms with van der Waals surface area (Å²) in [5.41, 5.74) is 6.04. The quantitative estimate of drug-likeness (QED) is 0.0706. The number of ether oxygens (including phenoxy) is 4. The van der Waals surface area contributed by atoms with Crippen molar-refractivity contribution in [2.45, 2.75) is 61.4 Å². The van der Waals surface area contributed by atoms with Crippen molar-refractivity contribution in [1.29, 1.82) is 0 Å². The predicted octanol–water partition coefficient (Wildman–Crippen LogP) is -7.24. The number of anilines is 1. The molecule has 1 aromatic carbocycles. The molecule has 17 heteroatoms. The summed E-state index contributed by atoms with van der Waals surface area (Å²) in [5.74, 6) is 0.228. The van der Waals surface area contributed by atoms with Crippen molar-refractivity contribution in [3.05, 3.63) is 24.3 Å². The average Bonchev–Trinajstić information content (AvgIpc) is 2.78. The molecular formula is C18H26NNaO14S. The molecule has 8 N–H and O–H groups in total. The van der Waals surface area contributed by atoms with Crippen LogP contribution in [0, 0.1) is 0 Å². The van der Waals surface area contributed by atoms with Crippen LogP contribution in [0.2, 0.25) is 0 Å². The average molecular weight is 535 g/mol. The Morgan fingerprint density at radius 2 is 1.43 bits per heavy atom. The van der Waals surface area contributed by atoms with Crippen LogP contribution in [-0.4, -0.2) is 118 Å². The maximum atomic E-state index is 11.0. The van der Waals surface area contributed by atoms with Gasteiger partial charge in [-0.1, -0.05) is 0 Å². The minimum Gasteiger partial charge on any atom is -0.726 e. The number of hydrogen-bond donors (Lipinski definition) is 7. The SMILES string of the molecule is Nc1ccc(O[C@@H]2O[C@H](CO)[C@@H](O[C@@H]3O[C@H](CO)[C@H](O)[C@H](OS(=O)(=O)[O-])[C@H]3O)[C@H](O)[C@H]2O)cc1.[Na+]. The standard InChI is InChI=1S/C18H27NO14S.Na/c19-7-1-3-8(4-2-7)29-17-13(24)12(23)15(10(6-21)31-17)32-18-14(25)16(33-34(26,27)28)11(22)9(5-20)30-18;/h1-4,9-18,20-25H,5-6,19H2,(H,26,27,28);/q;+1/p-1/t9-,10-,11+,12-,13-,14-,15-,16+,17-,18+;/m1./s1. The molecule has 2 fully saturated rings. The molecule has 0 amide bonds. The number of aliphatic hydroxyl groups is 6. The van der Waals surface area contributed by atoms with Crippen molar-refractivity contribution < 1.29 is 96.3 Å². The van der Waals surface area contributed by atoms with E-state index in [9.17, 15) is 43.6 Å². The van der Waals surface area contributed by atoms with Crippen molar-refractivity contribution in [3.63, 3.8) is 0 Å². The Balaban J connectivity index is 0.00000432. The first-order valence-electron chi connectivity index (χ1n) is 10.0. The van der Waals surface area contributed by atoms with Gasteiger partial charge >= 0.3 is 29.6 Å². The number of rotatable bonds is 8. The third-order valence-electron chi connectivity index (χ3n) is 5.30. The van der Waals surface area contributed by atoms with Gasteiger partial charge in [0, 0.05) is 5.69 Å². The fourth-order valence-electron chi connectivity index (χ4n) is 3.57. The zero-order valence-electron chi connectivity index (χ0n) is 18.4. The first kappa shape index (κ1) is 30.6. The van der Waals surface area contributed by atoms with E-state index in [0.29, 0.717) is 5.69 Å². The van der Waals surface area contributed by atoms with E-state index in [-0.39, 0.29) is 35.3 Å². The van der Waals surface area contributed by atoms with Gasteiger partial charge in [0.2, 0.25) is 16.7 Å². The summed E-state index contributed by atoms with van der Waals surface area (Å²) in [6, 6.07) is 5.99. The van der Waals surface area contributed by atoms with Crippen LogP contribution < -0.4 is 40.0 Å². The maximum Gasteiger partial charge on any atom is 1.00 e. The van der Waals surface area contributed by atoms with Crippen molar-refractivity contribution in [2.24, 2.45) is 0 Å². The summed E-state index contributed by atoms with van der Waals surface area (Å²) in [4.78, 5) is 0. The first-order chi connectivity index (χ1) is 15.9. The van der Waals surface area contributed by atoms with E-state index in [2.05, 4.69) is 4.18 Å². The monoisotopic (exact) mass is 535 g/mol. The largest absolute Gasteiger partial charge is 1.00 e. The Morgan fingerprint density at radius 3 is 1.97 bits per heavy atom. The van der Waals surface area contributed by atoms with E-state index in [1.165, 1.54) is 24.3 Å². The van der Waals surface area contributed by atoms with Crippen molar-refractivity contribution in [2.75, 3.05) is 18.9 Å². The number of benzene rings is 1. The molecule has 0 saturated carbocycles. The van der Waals surface area contributed by atoms with Crippen molar-refractivity contribution in [3.8, 4) is 5.75 Å². The van der Waals surface area contributed by atoms with Gasteiger partial charge in [0.05, 0.1) is 13.2 Å². The molecule has 10 atom stereocenters. The summed E-state index contributed by atoms with van der Waals surface area (Å²) in [6.45, 7) is -1.65. The summed E-state index contributed by atoms with van der Waals surface area (Å²) in [7, 11) is -5.39. The molecule has 2 saturated heterocycles. The van der Waals surface area contributed by atoms with Gasteiger partial charge in [-0.05, 0) is 24.3 Å². The fraction of sp³-hybridized carbons (Fsp3) is 0.667. The number of aliphatic hydroxyl groups excluding tert-OH is 6. The van der Waals surface area contributed by atoms with Gasteiger partial charge in [0.15, 0.2) is 6.29 Å². The van der Waals surface area contributed by atoms with Gasteiger partial charge in [0.25, 0.3) is 0 Å². The molecule has 2 aliphatic rings. The third-order valence-corrected chi connectivity index (χ3v) is 5.75. The van der Waals surface area contributed by atoms with Crippen molar-refractivity contribution in [1.82, 2.24) is 0 Å². The molecule has 194 valence electrons. The second-order valence-corrected chi connectivity index (χ2v) is 8.68. The molecule has 2 heterocycles. The van der Waals surface area contributed by atoms with Crippen LogP contribution in [0.3, 0.4) is 0 Å². The van der Waals surface area contributed by atoms with Crippen LogP contribution in [0.1, 0.15) is 0 Å². The zero-order chi connectivity index (χ0) is 25.2. The van der Waals surface area contributed by atoms with Gasteiger partial charge in [0.1, 0.15) is 54.6 Å². The molecule has 0 aliphatic carbocycles. The molecule has 0 spiro atoms. The molecule has 2 aliphatic heterocycles. The van der Waals surface area contributed by atoms with Crippen molar-refractivity contribution >= 4 is 16.1 Å². The molecule has 0 unspecified atom stereocenters. The summed E-state index contributed by atoms with van der Waals surface area (Å²) in [5, 5.41) is 60.6. The van der Waals surface area contributed by atoms with Crippen LogP contribution in [0.25, 0.3) is 0 Å². The van der Waals surface area contributed by atoms with Crippen LogP contribution in [0.4, 0.5) is 5.69 Å². The Bertz CT molecular complexity index is 905.